The Morgan fingerprint density at radius 3 is 2.69 bits per heavy atom. The topological polar surface area (TPSA) is 32.3 Å². The second-order valence-electron chi connectivity index (χ2n) is 4.02. The van der Waals surface area contributed by atoms with Crippen LogP contribution in [0, 0.1) is 11.8 Å². The van der Waals surface area contributed by atoms with Crippen molar-refractivity contribution in [2.45, 2.75) is 27.2 Å². The zero-order valence-electron chi connectivity index (χ0n) is 8.84. The van der Waals surface area contributed by atoms with Crippen LogP contribution in [0.4, 0.5) is 4.79 Å². The van der Waals surface area contributed by atoms with Crippen LogP contribution in [0.5, 0.6) is 0 Å². The van der Waals surface area contributed by atoms with Crippen molar-refractivity contribution in [1.29, 1.82) is 0 Å². The molecule has 0 radical (unpaired) electrons. The first-order chi connectivity index (χ1) is 6.15. The summed E-state index contributed by atoms with van der Waals surface area (Å²) < 4.78 is 0. The van der Waals surface area contributed by atoms with Crippen molar-refractivity contribution in [3.8, 4) is 0 Å². The van der Waals surface area contributed by atoms with Gasteiger partial charge >= 0.3 is 6.03 Å². The van der Waals surface area contributed by atoms with Gasteiger partial charge < -0.3 is 10.2 Å². The molecule has 76 valence electrons. The molecule has 2 unspecified atom stereocenters. The molecule has 0 aromatic rings. The summed E-state index contributed by atoms with van der Waals surface area (Å²) in [7, 11) is 0. The van der Waals surface area contributed by atoms with Gasteiger partial charge in [0.1, 0.15) is 0 Å². The van der Waals surface area contributed by atoms with Crippen molar-refractivity contribution in [3.63, 3.8) is 0 Å². The van der Waals surface area contributed by atoms with E-state index in [0.717, 1.165) is 32.0 Å². The number of rotatable bonds is 1. The zero-order valence-corrected chi connectivity index (χ0v) is 8.84. The lowest BCUT2D eigenvalue weighted by atomic mass is 9.89. The maximum absolute atomic E-state index is 11.5. The van der Waals surface area contributed by atoms with Gasteiger partial charge in [-0.25, -0.2) is 4.79 Å². The Balaban J connectivity index is 2.40. The summed E-state index contributed by atoms with van der Waals surface area (Å²) in [5, 5.41) is 2.84. The van der Waals surface area contributed by atoms with Crippen LogP contribution >= 0.6 is 0 Å². The maximum atomic E-state index is 11.5. The zero-order chi connectivity index (χ0) is 9.84. The number of nitrogens with one attached hydrogen (secondary N) is 1. The number of amides is 2. The van der Waals surface area contributed by atoms with Gasteiger partial charge in [0, 0.05) is 19.6 Å². The van der Waals surface area contributed by atoms with E-state index in [9.17, 15) is 4.79 Å². The van der Waals surface area contributed by atoms with Crippen LogP contribution in [0.25, 0.3) is 0 Å². The summed E-state index contributed by atoms with van der Waals surface area (Å²) in [6.45, 7) is 8.98. The lowest BCUT2D eigenvalue weighted by Crippen LogP contribution is -2.46. The van der Waals surface area contributed by atoms with Gasteiger partial charge in [0.15, 0.2) is 0 Å². The van der Waals surface area contributed by atoms with Gasteiger partial charge in [-0.2, -0.15) is 0 Å². The first-order valence-corrected chi connectivity index (χ1v) is 5.18. The third-order valence-electron chi connectivity index (χ3n) is 2.95. The fraction of sp³-hybridized carbons (Fsp3) is 0.900. The van der Waals surface area contributed by atoms with Gasteiger partial charge in [-0.1, -0.05) is 13.8 Å². The Kier molecular flexibility index (Phi) is 3.58. The highest BCUT2D eigenvalue weighted by Gasteiger charge is 2.25. The van der Waals surface area contributed by atoms with Crippen molar-refractivity contribution < 1.29 is 4.79 Å². The Morgan fingerprint density at radius 2 is 2.15 bits per heavy atom. The molecule has 1 aliphatic rings. The highest BCUT2D eigenvalue weighted by atomic mass is 16.2. The van der Waals surface area contributed by atoms with Gasteiger partial charge in [0.25, 0.3) is 0 Å². The first kappa shape index (κ1) is 10.4. The molecule has 2 amide bonds. The fourth-order valence-corrected chi connectivity index (χ4v) is 1.71. The summed E-state index contributed by atoms with van der Waals surface area (Å²) in [6.07, 6.45) is 1.14. The largest absolute Gasteiger partial charge is 0.338 e. The Hall–Kier alpha value is -0.730. The van der Waals surface area contributed by atoms with Crippen molar-refractivity contribution >= 4 is 6.03 Å². The van der Waals surface area contributed by atoms with Crippen LogP contribution < -0.4 is 5.32 Å². The molecule has 3 nitrogen and oxygen atoms in total. The molecule has 0 aromatic carbocycles. The average molecular weight is 184 g/mol. The second-order valence-corrected chi connectivity index (χ2v) is 4.02. The molecule has 2 atom stereocenters. The molecule has 0 aliphatic carbocycles. The molecule has 1 heterocycles. The van der Waals surface area contributed by atoms with E-state index in [2.05, 4.69) is 19.2 Å². The van der Waals surface area contributed by atoms with Crippen molar-refractivity contribution in [1.82, 2.24) is 10.2 Å². The number of carbonyl (C=O) groups excluding carboxylic acids is 1. The molecule has 1 saturated heterocycles. The molecule has 1 fully saturated rings. The van der Waals surface area contributed by atoms with Crippen molar-refractivity contribution in [3.05, 3.63) is 0 Å². The van der Waals surface area contributed by atoms with Crippen LogP contribution in [0.15, 0.2) is 0 Å². The summed E-state index contributed by atoms with van der Waals surface area (Å²) >= 11 is 0. The molecule has 1 N–H and O–H groups in total. The number of urea groups is 1. The van der Waals surface area contributed by atoms with E-state index >= 15 is 0 Å². The molecule has 1 rings (SSSR count). The highest BCUT2D eigenvalue weighted by molar-refractivity contribution is 5.74. The second kappa shape index (κ2) is 4.49. The predicted molar refractivity (Wildman–Crippen MR) is 53.6 cm³/mol. The molecule has 1 aliphatic heterocycles. The summed E-state index contributed by atoms with van der Waals surface area (Å²) in [5.74, 6) is 1.39. The SMILES string of the molecule is CCNC(=O)N1CCC(C)C(C)C1. The van der Waals surface area contributed by atoms with E-state index in [-0.39, 0.29) is 6.03 Å². The van der Waals surface area contributed by atoms with Crippen LogP contribution in [-0.4, -0.2) is 30.6 Å². The highest BCUT2D eigenvalue weighted by Crippen LogP contribution is 2.22. The van der Waals surface area contributed by atoms with Gasteiger partial charge in [-0.15, -0.1) is 0 Å². The normalized spacial score (nSPS) is 28.7. The molecular formula is C10H20N2O. The van der Waals surface area contributed by atoms with Gasteiger partial charge in [0.2, 0.25) is 0 Å². The maximum Gasteiger partial charge on any atom is 0.317 e. The smallest absolute Gasteiger partial charge is 0.317 e. The van der Waals surface area contributed by atoms with E-state index in [1.165, 1.54) is 0 Å². The summed E-state index contributed by atoms with van der Waals surface area (Å²) in [6, 6.07) is 0.0984. The van der Waals surface area contributed by atoms with E-state index in [1.807, 2.05) is 11.8 Å². The minimum Gasteiger partial charge on any atom is -0.338 e. The van der Waals surface area contributed by atoms with E-state index in [1.54, 1.807) is 0 Å². The van der Waals surface area contributed by atoms with Crippen molar-refractivity contribution in [2.75, 3.05) is 19.6 Å². The minimum atomic E-state index is 0.0984. The molecule has 0 spiro atoms. The van der Waals surface area contributed by atoms with Crippen molar-refractivity contribution in [2.24, 2.45) is 11.8 Å². The molecule has 0 aromatic heterocycles. The van der Waals surface area contributed by atoms with Crippen LogP contribution in [-0.2, 0) is 0 Å². The van der Waals surface area contributed by atoms with Crippen LogP contribution in [0.3, 0.4) is 0 Å². The predicted octanol–water partition coefficient (Wildman–Crippen LogP) is 1.69. The summed E-state index contributed by atoms with van der Waals surface area (Å²) in [5.41, 5.74) is 0. The van der Waals surface area contributed by atoms with E-state index < -0.39 is 0 Å². The molecule has 3 heteroatoms. The first-order valence-electron chi connectivity index (χ1n) is 5.18. The van der Waals surface area contributed by atoms with Crippen LogP contribution in [0.2, 0.25) is 0 Å². The third-order valence-corrected chi connectivity index (χ3v) is 2.95. The van der Waals surface area contributed by atoms with Gasteiger partial charge in [-0.05, 0) is 25.2 Å². The Morgan fingerprint density at radius 1 is 1.46 bits per heavy atom. The third kappa shape index (κ3) is 2.61. The Bertz CT molecular complexity index is 182. The summed E-state index contributed by atoms with van der Waals surface area (Å²) in [4.78, 5) is 13.4. The Labute approximate surface area is 80.5 Å². The number of nitrogens with zero attached hydrogens (tertiary/aromatic N) is 1. The van der Waals surface area contributed by atoms with Gasteiger partial charge in [-0.3, -0.25) is 0 Å². The lowest BCUT2D eigenvalue weighted by Gasteiger charge is -2.35. The lowest BCUT2D eigenvalue weighted by molar-refractivity contribution is 0.145. The number of piperidine rings is 1. The fourth-order valence-electron chi connectivity index (χ4n) is 1.71. The van der Waals surface area contributed by atoms with Gasteiger partial charge in [0.05, 0.1) is 0 Å². The minimum absolute atomic E-state index is 0.0984. The molecule has 13 heavy (non-hydrogen) atoms. The quantitative estimate of drug-likeness (QED) is 0.661. The van der Waals surface area contributed by atoms with E-state index in [0.29, 0.717) is 5.92 Å². The number of hydrogen-bond donors (Lipinski definition) is 1. The monoisotopic (exact) mass is 184 g/mol. The molecule has 0 saturated carbocycles. The molecular weight excluding hydrogens is 164 g/mol. The van der Waals surface area contributed by atoms with E-state index in [4.69, 9.17) is 0 Å². The number of likely N-dealkylation sites (tertiary alicyclic amines) is 1. The number of carbonyl (C=O) groups is 1. The van der Waals surface area contributed by atoms with Crippen LogP contribution in [0.1, 0.15) is 27.2 Å². The molecule has 0 bridgehead atoms. The average Bonchev–Trinajstić information content (AvgIpc) is 2.10. The standard InChI is InChI=1S/C10H20N2O/c1-4-11-10(13)12-6-5-8(2)9(3)7-12/h8-9H,4-7H2,1-3H3,(H,11,13). The number of hydrogen-bond acceptors (Lipinski definition) is 1.